The maximum Gasteiger partial charge on any atom is 0.0630 e. The standard InChI is InChI=1S/C13H21ClN2O/c1-11(2)16-6-3-12(15-16)9-13(10-14)4-7-17-8-5-13/h3,6,11H,4-5,7-10H2,1-2H3. The number of hydrogen-bond acceptors (Lipinski definition) is 2. The average molecular weight is 257 g/mol. The third-order valence-electron chi connectivity index (χ3n) is 3.59. The molecule has 0 atom stereocenters. The molecule has 0 radical (unpaired) electrons. The first-order valence-corrected chi connectivity index (χ1v) is 6.86. The van der Waals surface area contributed by atoms with Crippen molar-refractivity contribution >= 4 is 11.6 Å². The molecule has 3 nitrogen and oxygen atoms in total. The van der Waals surface area contributed by atoms with Gasteiger partial charge in [0.1, 0.15) is 0 Å². The molecule has 0 unspecified atom stereocenters. The first-order valence-electron chi connectivity index (χ1n) is 6.33. The first kappa shape index (κ1) is 12.9. The smallest absolute Gasteiger partial charge is 0.0630 e. The van der Waals surface area contributed by atoms with Crippen LogP contribution in [0.2, 0.25) is 0 Å². The van der Waals surface area contributed by atoms with E-state index in [0.29, 0.717) is 11.9 Å². The van der Waals surface area contributed by atoms with E-state index < -0.39 is 0 Å². The number of aromatic nitrogens is 2. The summed E-state index contributed by atoms with van der Waals surface area (Å²) in [6.07, 6.45) is 5.12. The van der Waals surface area contributed by atoms with Crippen LogP contribution in [-0.2, 0) is 11.2 Å². The molecular weight excluding hydrogens is 236 g/mol. The van der Waals surface area contributed by atoms with Crippen molar-refractivity contribution in [2.75, 3.05) is 19.1 Å². The summed E-state index contributed by atoms with van der Waals surface area (Å²) < 4.78 is 7.43. The van der Waals surface area contributed by atoms with Crippen LogP contribution in [0.3, 0.4) is 0 Å². The van der Waals surface area contributed by atoms with Gasteiger partial charge in [0.2, 0.25) is 0 Å². The molecular formula is C13H21ClN2O. The van der Waals surface area contributed by atoms with Crippen molar-refractivity contribution < 1.29 is 4.74 Å². The molecule has 1 fully saturated rings. The highest BCUT2D eigenvalue weighted by Crippen LogP contribution is 2.35. The normalized spacial score (nSPS) is 19.8. The van der Waals surface area contributed by atoms with E-state index in [4.69, 9.17) is 16.3 Å². The van der Waals surface area contributed by atoms with Crippen LogP contribution in [0.5, 0.6) is 0 Å². The van der Waals surface area contributed by atoms with Crippen molar-refractivity contribution in [1.29, 1.82) is 0 Å². The molecule has 0 N–H and O–H groups in total. The number of hydrogen-bond donors (Lipinski definition) is 0. The van der Waals surface area contributed by atoms with Crippen LogP contribution >= 0.6 is 11.6 Å². The van der Waals surface area contributed by atoms with Crippen molar-refractivity contribution in [3.8, 4) is 0 Å². The number of ether oxygens (including phenoxy) is 1. The van der Waals surface area contributed by atoms with Crippen molar-refractivity contribution in [1.82, 2.24) is 9.78 Å². The molecule has 2 rings (SSSR count). The second-order valence-electron chi connectivity index (χ2n) is 5.30. The minimum Gasteiger partial charge on any atom is -0.381 e. The molecule has 96 valence electrons. The zero-order valence-corrected chi connectivity index (χ0v) is 11.4. The van der Waals surface area contributed by atoms with Gasteiger partial charge >= 0.3 is 0 Å². The van der Waals surface area contributed by atoms with E-state index in [2.05, 4.69) is 31.2 Å². The zero-order valence-electron chi connectivity index (χ0n) is 10.7. The van der Waals surface area contributed by atoms with Crippen LogP contribution in [0.4, 0.5) is 0 Å². The molecule has 2 heterocycles. The molecule has 0 bridgehead atoms. The molecule has 1 aliphatic rings. The maximum absolute atomic E-state index is 6.17. The molecule has 4 heteroatoms. The SMILES string of the molecule is CC(C)n1ccc(CC2(CCl)CCOCC2)n1. The molecule has 0 spiro atoms. The van der Waals surface area contributed by atoms with E-state index in [1.807, 2.05) is 4.68 Å². The first-order chi connectivity index (χ1) is 8.15. The summed E-state index contributed by atoms with van der Waals surface area (Å²) in [4.78, 5) is 0. The van der Waals surface area contributed by atoms with Crippen molar-refractivity contribution in [2.45, 2.75) is 39.2 Å². The highest BCUT2D eigenvalue weighted by molar-refractivity contribution is 6.18. The van der Waals surface area contributed by atoms with Crippen molar-refractivity contribution in [3.05, 3.63) is 18.0 Å². The number of nitrogens with zero attached hydrogens (tertiary/aromatic N) is 2. The summed E-state index contributed by atoms with van der Waals surface area (Å²) in [5.74, 6) is 0.699. The van der Waals surface area contributed by atoms with Crippen LogP contribution in [0.25, 0.3) is 0 Å². The van der Waals surface area contributed by atoms with Gasteiger partial charge in [-0.2, -0.15) is 5.10 Å². The van der Waals surface area contributed by atoms with E-state index >= 15 is 0 Å². The molecule has 1 aliphatic heterocycles. The van der Waals surface area contributed by atoms with Gasteiger partial charge in [0.25, 0.3) is 0 Å². The average Bonchev–Trinajstić information content (AvgIpc) is 2.79. The molecule has 1 aromatic heterocycles. The van der Waals surface area contributed by atoms with Crippen LogP contribution in [-0.4, -0.2) is 28.9 Å². The number of alkyl halides is 1. The van der Waals surface area contributed by atoms with Gasteiger partial charge in [0.05, 0.1) is 5.69 Å². The highest BCUT2D eigenvalue weighted by Gasteiger charge is 2.32. The van der Waals surface area contributed by atoms with E-state index in [1.54, 1.807) is 0 Å². The van der Waals surface area contributed by atoms with E-state index in [1.165, 1.54) is 0 Å². The Bertz CT molecular complexity index is 356. The van der Waals surface area contributed by atoms with Gasteiger partial charge in [-0.15, -0.1) is 11.6 Å². The molecule has 0 aromatic carbocycles. The fourth-order valence-corrected chi connectivity index (χ4v) is 2.67. The maximum atomic E-state index is 6.17. The Kier molecular flexibility index (Phi) is 4.10. The van der Waals surface area contributed by atoms with E-state index in [0.717, 1.165) is 38.2 Å². The Morgan fingerprint density at radius 1 is 1.47 bits per heavy atom. The molecule has 0 aliphatic carbocycles. The molecule has 1 saturated heterocycles. The van der Waals surface area contributed by atoms with Gasteiger partial charge in [-0.05, 0) is 44.6 Å². The number of halogens is 1. The van der Waals surface area contributed by atoms with Gasteiger partial charge in [-0.25, -0.2) is 0 Å². The van der Waals surface area contributed by atoms with Gasteiger partial charge in [-0.1, -0.05) is 0 Å². The van der Waals surface area contributed by atoms with E-state index in [-0.39, 0.29) is 5.41 Å². The Hall–Kier alpha value is -0.540. The predicted octanol–water partition coefficient (Wildman–Crippen LogP) is 3.04. The fourth-order valence-electron chi connectivity index (χ4n) is 2.31. The second-order valence-corrected chi connectivity index (χ2v) is 5.57. The third-order valence-corrected chi connectivity index (χ3v) is 4.15. The van der Waals surface area contributed by atoms with Crippen LogP contribution in [0, 0.1) is 5.41 Å². The predicted molar refractivity (Wildman–Crippen MR) is 69.5 cm³/mol. The summed E-state index contributed by atoms with van der Waals surface area (Å²) >= 11 is 6.17. The largest absolute Gasteiger partial charge is 0.381 e. The summed E-state index contributed by atoms with van der Waals surface area (Å²) in [6, 6.07) is 2.54. The van der Waals surface area contributed by atoms with Crippen molar-refractivity contribution in [2.24, 2.45) is 5.41 Å². The monoisotopic (exact) mass is 256 g/mol. The molecule has 1 aromatic rings. The lowest BCUT2D eigenvalue weighted by Gasteiger charge is -2.34. The molecule has 17 heavy (non-hydrogen) atoms. The van der Waals surface area contributed by atoms with Gasteiger partial charge in [0.15, 0.2) is 0 Å². The lowest BCUT2D eigenvalue weighted by molar-refractivity contribution is 0.0253. The van der Waals surface area contributed by atoms with E-state index in [9.17, 15) is 0 Å². The summed E-state index contributed by atoms with van der Waals surface area (Å²) in [6.45, 7) is 5.94. The summed E-state index contributed by atoms with van der Waals surface area (Å²) in [7, 11) is 0. The lowest BCUT2D eigenvalue weighted by atomic mass is 9.78. The van der Waals surface area contributed by atoms with Crippen molar-refractivity contribution in [3.63, 3.8) is 0 Å². The third kappa shape index (κ3) is 3.02. The second kappa shape index (κ2) is 5.40. The van der Waals surface area contributed by atoms with Crippen LogP contribution in [0.1, 0.15) is 38.4 Å². The zero-order chi connectivity index (χ0) is 12.3. The minimum absolute atomic E-state index is 0.190. The van der Waals surface area contributed by atoms with Gasteiger partial charge in [0, 0.05) is 31.3 Å². The van der Waals surface area contributed by atoms with Crippen LogP contribution < -0.4 is 0 Å². The van der Waals surface area contributed by atoms with Gasteiger partial charge < -0.3 is 4.74 Å². The fraction of sp³-hybridized carbons (Fsp3) is 0.769. The Morgan fingerprint density at radius 2 is 2.18 bits per heavy atom. The van der Waals surface area contributed by atoms with Crippen LogP contribution in [0.15, 0.2) is 12.3 Å². The minimum atomic E-state index is 0.190. The summed E-state index contributed by atoms with van der Waals surface area (Å²) in [5, 5.41) is 4.61. The Labute approximate surface area is 108 Å². The summed E-state index contributed by atoms with van der Waals surface area (Å²) in [5.41, 5.74) is 1.34. The van der Waals surface area contributed by atoms with Gasteiger partial charge in [-0.3, -0.25) is 4.68 Å². The highest BCUT2D eigenvalue weighted by atomic mass is 35.5. The Morgan fingerprint density at radius 3 is 2.71 bits per heavy atom. The molecule has 0 amide bonds. The quantitative estimate of drug-likeness (QED) is 0.775. The topological polar surface area (TPSA) is 27.1 Å². The lowest BCUT2D eigenvalue weighted by Crippen LogP contribution is -2.33. The Balaban J connectivity index is 2.06. The molecule has 0 saturated carbocycles. The number of rotatable bonds is 4.